The topological polar surface area (TPSA) is 30.0 Å². The van der Waals surface area contributed by atoms with E-state index in [0.29, 0.717) is 0 Å². The molecule has 0 bridgehead atoms. The lowest BCUT2D eigenvalue weighted by Gasteiger charge is -2.15. The van der Waals surface area contributed by atoms with E-state index >= 15 is 0 Å². The van der Waals surface area contributed by atoms with E-state index in [4.69, 9.17) is 0 Å². The van der Waals surface area contributed by atoms with Gasteiger partial charge in [0, 0.05) is 22.2 Å². The summed E-state index contributed by atoms with van der Waals surface area (Å²) in [6.45, 7) is 3.88. The summed E-state index contributed by atoms with van der Waals surface area (Å²) >= 11 is 0. The first-order valence-electron chi connectivity index (χ1n) is 5.31. The van der Waals surface area contributed by atoms with Gasteiger partial charge in [-0.15, -0.1) is 0 Å². The standard InChI is InChI=1S/C14H11NO/c1-8-11-5-3-4-10-6-7-12(16)13(14(10)11)9(2)15-8/h3-7H,1-2H3. The molecule has 0 spiro atoms. The third kappa shape index (κ3) is 1.07. The van der Waals surface area contributed by atoms with Crippen LogP contribution in [0, 0.1) is 13.8 Å². The van der Waals surface area contributed by atoms with Crippen LogP contribution in [-0.2, 0) is 0 Å². The van der Waals surface area contributed by atoms with Crippen LogP contribution >= 0.6 is 0 Å². The highest BCUT2D eigenvalue weighted by Gasteiger charge is 2.19. The SMILES string of the molecule is Cc1nc(C)c2cccc3c2c1C(=O)C=C3. The Labute approximate surface area is 93.6 Å². The second-order valence-electron chi connectivity index (χ2n) is 4.13. The Morgan fingerprint density at radius 1 is 1.06 bits per heavy atom. The quantitative estimate of drug-likeness (QED) is 0.667. The molecule has 16 heavy (non-hydrogen) atoms. The van der Waals surface area contributed by atoms with E-state index in [9.17, 15) is 4.79 Å². The largest absolute Gasteiger partial charge is 0.289 e. The molecule has 1 aliphatic carbocycles. The van der Waals surface area contributed by atoms with Crippen molar-refractivity contribution >= 4 is 22.6 Å². The van der Waals surface area contributed by atoms with E-state index in [-0.39, 0.29) is 5.78 Å². The number of carbonyl (C=O) groups is 1. The van der Waals surface area contributed by atoms with Crippen LogP contribution in [0.25, 0.3) is 16.8 Å². The number of hydrogen-bond donors (Lipinski definition) is 0. The maximum Gasteiger partial charge on any atom is 0.188 e. The second kappa shape index (κ2) is 3.01. The van der Waals surface area contributed by atoms with Crippen molar-refractivity contribution in [2.45, 2.75) is 13.8 Å². The van der Waals surface area contributed by atoms with Gasteiger partial charge in [0.05, 0.1) is 5.56 Å². The second-order valence-corrected chi connectivity index (χ2v) is 4.13. The van der Waals surface area contributed by atoms with Crippen LogP contribution in [0.2, 0.25) is 0 Å². The number of rotatable bonds is 0. The van der Waals surface area contributed by atoms with E-state index < -0.39 is 0 Å². The van der Waals surface area contributed by atoms with Crippen molar-refractivity contribution < 1.29 is 4.79 Å². The Balaban J connectivity index is 2.62. The fourth-order valence-corrected chi connectivity index (χ4v) is 2.39. The number of pyridine rings is 1. The summed E-state index contributed by atoms with van der Waals surface area (Å²) in [6, 6.07) is 6.07. The average molecular weight is 209 g/mol. The lowest BCUT2D eigenvalue weighted by atomic mass is 9.91. The van der Waals surface area contributed by atoms with Gasteiger partial charge in [-0.1, -0.05) is 24.3 Å². The van der Waals surface area contributed by atoms with Crippen molar-refractivity contribution in [3.8, 4) is 0 Å². The summed E-state index contributed by atoms with van der Waals surface area (Å²) in [6.07, 6.45) is 3.51. The molecule has 0 fully saturated rings. The molecule has 3 rings (SSSR count). The number of allylic oxidation sites excluding steroid dienone is 1. The summed E-state index contributed by atoms with van der Waals surface area (Å²) in [5, 5.41) is 2.14. The number of carbonyl (C=O) groups excluding carboxylic acids is 1. The Bertz CT molecular complexity index is 653. The van der Waals surface area contributed by atoms with Crippen LogP contribution < -0.4 is 0 Å². The van der Waals surface area contributed by atoms with E-state index in [1.54, 1.807) is 6.08 Å². The van der Waals surface area contributed by atoms with Crippen LogP contribution in [0.3, 0.4) is 0 Å². The molecule has 0 aliphatic heterocycles. The van der Waals surface area contributed by atoms with Gasteiger partial charge in [0.2, 0.25) is 0 Å². The summed E-state index contributed by atoms with van der Waals surface area (Å²) in [4.78, 5) is 16.3. The van der Waals surface area contributed by atoms with Crippen LogP contribution in [0.5, 0.6) is 0 Å². The van der Waals surface area contributed by atoms with E-state index in [2.05, 4.69) is 4.98 Å². The molecule has 1 aromatic heterocycles. The molecular weight excluding hydrogens is 198 g/mol. The molecule has 2 aromatic rings. The Kier molecular flexibility index (Phi) is 1.75. The zero-order valence-corrected chi connectivity index (χ0v) is 9.24. The predicted octanol–water partition coefficient (Wildman–Crippen LogP) is 3.06. The highest BCUT2D eigenvalue weighted by atomic mass is 16.1. The molecule has 0 N–H and O–H groups in total. The van der Waals surface area contributed by atoms with Crippen LogP contribution in [0.4, 0.5) is 0 Å². The first-order valence-corrected chi connectivity index (χ1v) is 5.31. The smallest absolute Gasteiger partial charge is 0.188 e. The molecule has 1 aliphatic rings. The summed E-state index contributed by atoms with van der Waals surface area (Å²) in [5.41, 5.74) is 3.69. The van der Waals surface area contributed by atoms with Crippen molar-refractivity contribution in [1.82, 2.24) is 4.98 Å². The third-order valence-electron chi connectivity index (χ3n) is 3.09. The highest BCUT2D eigenvalue weighted by molar-refractivity contribution is 6.20. The van der Waals surface area contributed by atoms with Crippen molar-refractivity contribution in [3.63, 3.8) is 0 Å². The number of nitrogens with zero attached hydrogens (tertiary/aromatic N) is 1. The highest BCUT2D eigenvalue weighted by Crippen LogP contribution is 2.31. The maximum absolute atomic E-state index is 11.9. The first kappa shape index (κ1) is 9.28. The number of benzene rings is 1. The van der Waals surface area contributed by atoms with E-state index in [0.717, 1.165) is 33.3 Å². The van der Waals surface area contributed by atoms with Gasteiger partial charge in [-0.3, -0.25) is 9.78 Å². The molecule has 1 aromatic carbocycles. The molecule has 78 valence electrons. The number of ketones is 1. The van der Waals surface area contributed by atoms with Crippen molar-refractivity contribution in [2.75, 3.05) is 0 Å². The van der Waals surface area contributed by atoms with Gasteiger partial charge in [-0.2, -0.15) is 0 Å². The van der Waals surface area contributed by atoms with Crippen molar-refractivity contribution in [2.24, 2.45) is 0 Å². The molecule has 2 heteroatoms. The van der Waals surface area contributed by atoms with E-state index in [1.807, 2.05) is 38.1 Å². The van der Waals surface area contributed by atoms with Gasteiger partial charge in [-0.05, 0) is 25.5 Å². The molecule has 0 atom stereocenters. The Morgan fingerprint density at radius 2 is 1.88 bits per heavy atom. The van der Waals surface area contributed by atoms with Crippen LogP contribution in [0.1, 0.15) is 27.3 Å². The zero-order chi connectivity index (χ0) is 11.3. The summed E-state index contributed by atoms with van der Waals surface area (Å²) in [5.74, 6) is 0.0636. The average Bonchev–Trinajstić information content (AvgIpc) is 2.26. The van der Waals surface area contributed by atoms with Gasteiger partial charge >= 0.3 is 0 Å². The molecule has 0 radical (unpaired) electrons. The van der Waals surface area contributed by atoms with Crippen LogP contribution in [-0.4, -0.2) is 10.8 Å². The molecule has 0 saturated heterocycles. The molecule has 0 saturated carbocycles. The summed E-state index contributed by atoms with van der Waals surface area (Å²) < 4.78 is 0. The molecule has 0 unspecified atom stereocenters. The minimum atomic E-state index is 0.0636. The van der Waals surface area contributed by atoms with Crippen LogP contribution in [0.15, 0.2) is 24.3 Å². The van der Waals surface area contributed by atoms with Gasteiger partial charge in [-0.25, -0.2) is 0 Å². The zero-order valence-electron chi connectivity index (χ0n) is 9.24. The molecule has 1 heterocycles. The van der Waals surface area contributed by atoms with E-state index in [1.165, 1.54) is 0 Å². The van der Waals surface area contributed by atoms with Crippen molar-refractivity contribution in [3.05, 3.63) is 46.8 Å². The monoisotopic (exact) mass is 209 g/mol. The number of aromatic nitrogens is 1. The van der Waals surface area contributed by atoms with Gasteiger partial charge in [0.1, 0.15) is 0 Å². The lowest BCUT2D eigenvalue weighted by molar-refractivity contribution is 0.104. The van der Waals surface area contributed by atoms with Gasteiger partial charge in [0.25, 0.3) is 0 Å². The fourth-order valence-electron chi connectivity index (χ4n) is 2.39. The number of hydrogen-bond acceptors (Lipinski definition) is 2. The normalized spacial score (nSPS) is 13.5. The summed E-state index contributed by atoms with van der Waals surface area (Å²) in [7, 11) is 0. The lowest BCUT2D eigenvalue weighted by Crippen LogP contribution is -2.07. The minimum absolute atomic E-state index is 0.0636. The number of aryl methyl sites for hydroxylation is 2. The van der Waals surface area contributed by atoms with Gasteiger partial charge in [0.15, 0.2) is 5.78 Å². The molecule has 2 nitrogen and oxygen atoms in total. The fraction of sp³-hybridized carbons (Fsp3) is 0.143. The predicted molar refractivity (Wildman–Crippen MR) is 64.6 cm³/mol. The molecular formula is C14H11NO. The minimum Gasteiger partial charge on any atom is -0.289 e. The van der Waals surface area contributed by atoms with Gasteiger partial charge < -0.3 is 0 Å². The maximum atomic E-state index is 11.9. The molecule has 0 amide bonds. The third-order valence-corrected chi connectivity index (χ3v) is 3.09. The Hall–Kier alpha value is -1.96. The Morgan fingerprint density at radius 3 is 2.69 bits per heavy atom. The van der Waals surface area contributed by atoms with Crippen molar-refractivity contribution in [1.29, 1.82) is 0 Å². The first-order chi connectivity index (χ1) is 7.68.